The predicted molar refractivity (Wildman–Crippen MR) is 66.6 cm³/mol. The second-order valence-electron chi connectivity index (χ2n) is 3.66. The SMILES string of the molecule is CSCCN(C)CC(=O)c1ccc(F)cc1. The molecule has 88 valence electrons. The van der Waals surface area contributed by atoms with Crippen molar-refractivity contribution in [3.05, 3.63) is 35.6 Å². The van der Waals surface area contributed by atoms with Gasteiger partial charge in [-0.05, 0) is 37.6 Å². The number of carbonyl (C=O) groups excluding carboxylic acids is 1. The van der Waals surface area contributed by atoms with E-state index in [0.717, 1.165) is 12.3 Å². The second-order valence-corrected chi connectivity index (χ2v) is 4.65. The summed E-state index contributed by atoms with van der Waals surface area (Å²) < 4.78 is 12.7. The summed E-state index contributed by atoms with van der Waals surface area (Å²) in [5.74, 6) is 0.726. The Morgan fingerprint density at radius 1 is 1.38 bits per heavy atom. The average Bonchev–Trinajstić information content (AvgIpc) is 2.27. The van der Waals surface area contributed by atoms with E-state index in [2.05, 4.69) is 0 Å². The zero-order valence-corrected chi connectivity index (χ0v) is 10.4. The van der Waals surface area contributed by atoms with Gasteiger partial charge in [0.05, 0.1) is 6.54 Å². The van der Waals surface area contributed by atoms with Crippen molar-refractivity contribution < 1.29 is 9.18 Å². The van der Waals surface area contributed by atoms with Gasteiger partial charge < -0.3 is 0 Å². The lowest BCUT2D eigenvalue weighted by molar-refractivity contribution is 0.0949. The molecule has 0 heterocycles. The molecule has 0 bridgehead atoms. The van der Waals surface area contributed by atoms with Crippen LogP contribution in [-0.2, 0) is 0 Å². The van der Waals surface area contributed by atoms with E-state index in [9.17, 15) is 9.18 Å². The molecular formula is C12H16FNOS. The van der Waals surface area contributed by atoms with E-state index >= 15 is 0 Å². The van der Waals surface area contributed by atoms with E-state index in [1.54, 1.807) is 11.8 Å². The van der Waals surface area contributed by atoms with Gasteiger partial charge in [-0.15, -0.1) is 0 Å². The topological polar surface area (TPSA) is 20.3 Å². The summed E-state index contributed by atoms with van der Waals surface area (Å²) in [6.07, 6.45) is 2.04. The van der Waals surface area contributed by atoms with Crippen LogP contribution in [0.5, 0.6) is 0 Å². The molecule has 0 N–H and O–H groups in total. The van der Waals surface area contributed by atoms with Crippen LogP contribution in [0.3, 0.4) is 0 Å². The maximum Gasteiger partial charge on any atom is 0.176 e. The molecule has 0 aliphatic heterocycles. The first-order chi connectivity index (χ1) is 7.63. The summed E-state index contributed by atoms with van der Waals surface area (Å²) in [5, 5.41) is 0. The van der Waals surface area contributed by atoms with Crippen LogP contribution in [0.2, 0.25) is 0 Å². The van der Waals surface area contributed by atoms with Crippen LogP contribution in [0.15, 0.2) is 24.3 Å². The van der Waals surface area contributed by atoms with Gasteiger partial charge in [-0.2, -0.15) is 11.8 Å². The minimum atomic E-state index is -0.313. The number of halogens is 1. The molecule has 0 saturated heterocycles. The van der Waals surface area contributed by atoms with E-state index in [4.69, 9.17) is 0 Å². The fraction of sp³-hybridized carbons (Fsp3) is 0.417. The summed E-state index contributed by atoms with van der Waals surface area (Å²) in [6, 6.07) is 5.68. The van der Waals surface area contributed by atoms with Crippen LogP contribution in [0.1, 0.15) is 10.4 Å². The molecule has 0 saturated carbocycles. The molecule has 16 heavy (non-hydrogen) atoms. The first-order valence-electron chi connectivity index (χ1n) is 5.09. The Labute approximate surface area is 99.8 Å². The number of hydrogen-bond acceptors (Lipinski definition) is 3. The van der Waals surface area contributed by atoms with Gasteiger partial charge in [0.2, 0.25) is 0 Å². The summed E-state index contributed by atoms with van der Waals surface area (Å²) in [6.45, 7) is 1.26. The fourth-order valence-corrected chi connectivity index (χ4v) is 1.79. The maximum absolute atomic E-state index is 12.7. The maximum atomic E-state index is 12.7. The van der Waals surface area contributed by atoms with Gasteiger partial charge in [0, 0.05) is 17.9 Å². The van der Waals surface area contributed by atoms with E-state index in [1.807, 2.05) is 18.2 Å². The van der Waals surface area contributed by atoms with E-state index in [0.29, 0.717) is 12.1 Å². The molecule has 1 aromatic rings. The van der Waals surface area contributed by atoms with Gasteiger partial charge >= 0.3 is 0 Å². The van der Waals surface area contributed by atoms with Gasteiger partial charge in [0.15, 0.2) is 5.78 Å². The number of hydrogen-bond donors (Lipinski definition) is 0. The first-order valence-corrected chi connectivity index (χ1v) is 6.49. The van der Waals surface area contributed by atoms with Gasteiger partial charge in [-0.3, -0.25) is 9.69 Å². The molecule has 2 nitrogen and oxygen atoms in total. The van der Waals surface area contributed by atoms with E-state index in [-0.39, 0.29) is 11.6 Å². The third-order valence-corrected chi connectivity index (χ3v) is 2.85. The number of thioether (sulfide) groups is 1. The first kappa shape index (κ1) is 13.2. The zero-order valence-electron chi connectivity index (χ0n) is 9.57. The van der Waals surface area contributed by atoms with Crippen LogP contribution in [0.4, 0.5) is 4.39 Å². The Hall–Kier alpha value is -0.870. The Morgan fingerprint density at radius 2 is 2.00 bits per heavy atom. The molecule has 1 aromatic carbocycles. The Balaban J connectivity index is 2.48. The van der Waals surface area contributed by atoms with Crippen LogP contribution < -0.4 is 0 Å². The molecule has 0 unspecified atom stereocenters. The standard InChI is InChI=1S/C12H16FNOS/c1-14(7-8-16-2)9-12(15)10-3-5-11(13)6-4-10/h3-6H,7-9H2,1-2H3. The average molecular weight is 241 g/mol. The Bertz CT molecular complexity index is 339. The molecule has 0 radical (unpaired) electrons. The zero-order chi connectivity index (χ0) is 12.0. The lowest BCUT2D eigenvalue weighted by Gasteiger charge is -2.14. The molecule has 0 fully saturated rings. The van der Waals surface area contributed by atoms with Crippen molar-refractivity contribution in [1.29, 1.82) is 0 Å². The highest BCUT2D eigenvalue weighted by Crippen LogP contribution is 2.04. The van der Waals surface area contributed by atoms with Crippen LogP contribution in [0, 0.1) is 5.82 Å². The van der Waals surface area contributed by atoms with Gasteiger partial charge in [0.1, 0.15) is 5.82 Å². The number of likely N-dealkylation sites (N-methyl/N-ethyl adjacent to an activating group) is 1. The monoisotopic (exact) mass is 241 g/mol. The predicted octanol–water partition coefficient (Wildman–Crippen LogP) is 2.30. The molecular weight excluding hydrogens is 225 g/mol. The molecule has 0 aromatic heterocycles. The van der Waals surface area contributed by atoms with E-state index in [1.165, 1.54) is 24.3 Å². The van der Waals surface area contributed by atoms with Crippen molar-refractivity contribution >= 4 is 17.5 Å². The number of benzene rings is 1. The molecule has 0 aliphatic carbocycles. The summed E-state index contributed by atoms with van der Waals surface area (Å²) in [4.78, 5) is 13.7. The van der Waals surface area contributed by atoms with Crippen molar-refractivity contribution in [3.63, 3.8) is 0 Å². The molecule has 4 heteroatoms. The highest BCUT2D eigenvalue weighted by Gasteiger charge is 2.08. The smallest absolute Gasteiger partial charge is 0.176 e. The molecule has 1 rings (SSSR count). The quantitative estimate of drug-likeness (QED) is 0.713. The largest absolute Gasteiger partial charge is 0.298 e. The normalized spacial score (nSPS) is 10.8. The summed E-state index contributed by atoms with van der Waals surface area (Å²) >= 11 is 1.75. The van der Waals surface area contributed by atoms with E-state index < -0.39 is 0 Å². The van der Waals surface area contributed by atoms with Gasteiger partial charge in [-0.1, -0.05) is 0 Å². The van der Waals surface area contributed by atoms with Crippen LogP contribution >= 0.6 is 11.8 Å². The van der Waals surface area contributed by atoms with Crippen LogP contribution in [0.25, 0.3) is 0 Å². The number of Topliss-reactive ketones (excluding diaryl/α,β-unsaturated/α-hetero) is 1. The van der Waals surface area contributed by atoms with Gasteiger partial charge in [-0.25, -0.2) is 4.39 Å². The number of ketones is 1. The van der Waals surface area contributed by atoms with Crippen LogP contribution in [-0.4, -0.2) is 42.8 Å². The third-order valence-electron chi connectivity index (χ3n) is 2.26. The Morgan fingerprint density at radius 3 is 2.56 bits per heavy atom. The summed E-state index contributed by atoms with van der Waals surface area (Å²) in [7, 11) is 1.91. The summed E-state index contributed by atoms with van der Waals surface area (Å²) in [5.41, 5.74) is 0.567. The second kappa shape index (κ2) is 6.66. The minimum absolute atomic E-state index is 0.0311. The molecule has 0 atom stereocenters. The molecule has 0 amide bonds. The lowest BCUT2D eigenvalue weighted by atomic mass is 10.1. The van der Waals surface area contributed by atoms with Gasteiger partial charge in [0.25, 0.3) is 0 Å². The molecule has 0 spiro atoms. The highest BCUT2D eigenvalue weighted by atomic mass is 32.2. The third kappa shape index (κ3) is 4.33. The highest BCUT2D eigenvalue weighted by molar-refractivity contribution is 7.98. The lowest BCUT2D eigenvalue weighted by Crippen LogP contribution is -2.28. The van der Waals surface area contributed by atoms with Crippen molar-refractivity contribution in [2.24, 2.45) is 0 Å². The van der Waals surface area contributed by atoms with Crippen molar-refractivity contribution in [3.8, 4) is 0 Å². The van der Waals surface area contributed by atoms with Crippen molar-refractivity contribution in [2.75, 3.05) is 32.1 Å². The van der Waals surface area contributed by atoms with Crippen molar-refractivity contribution in [1.82, 2.24) is 4.90 Å². The molecule has 0 aliphatic rings. The number of carbonyl (C=O) groups is 1. The van der Waals surface area contributed by atoms with Crippen molar-refractivity contribution in [2.45, 2.75) is 0 Å². The fourth-order valence-electron chi connectivity index (χ4n) is 1.30. The minimum Gasteiger partial charge on any atom is -0.298 e. The number of nitrogens with zero attached hydrogens (tertiary/aromatic N) is 1. The Kier molecular flexibility index (Phi) is 5.49. The number of rotatable bonds is 6.